The maximum Gasteiger partial charge on any atom is 0.228 e. The van der Waals surface area contributed by atoms with Gasteiger partial charge in [0.1, 0.15) is 5.75 Å². The Labute approximate surface area is 172 Å². The third kappa shape index (κ3) is 3.65. The van der Waals surface area contributed by atoms with Crippen molar-refractivity contribution >= 4 is 11.6 Å². The summed E-state index contributed by atoms with van der Waals surface area (Å²) in [5, 5.41) is 3.11. The first-order valence-corrected chi connectivity index (χ1v) is 10.2. The quantitative estimate of drug-likeness (QED) is 0.596. The van der Waals surface area contributed by atoms with Crippen molar-refractivity contribution in [1.29, 1.82) is 0 Å². The summed E-state index contributed by atoms with van der Waals surface area (Å²) in [5.74, 6) is 0.640. The molecule has 1 atom stereocenters. The molecule has 0 aliphatic heterocycles. The van der Waals surface area contributed by atoms with Gasteiger partial charge in [0.25, 0.3) is 0 Å². The number of amides is 1. The third-order valence-corrected chi connectivity index (χ3v) is 5.86. The van der Waals surface area contributed by atoms with E-state index in [9.17, 15) is 4.79 Å². The minimum Gasteiger partial charge on any atom is -0.492 e. The molecule has 4 rings (SSSR count). The minimum absolute atomic E-state index is 0.0401. The van der Waals surface area contributed by atoms with Crippen LogP contribution in [0.4, 0.5) is 5.69 Å². The Kier molecular flexibility index (Phi) is 5.14. The van der Waals surface area contributed by atoms with Crippen LogP contribution in [0.15, 0.2) is 72.8 Å². The molecule has 1 fully saturated rings. The Morgan fingerprint density at radius 1 is 0.931 bits per heavy atom. The molecule has 1 aliphatic carbocycles. The molecule has 3 heteroatoms. The Morgan fingerprint density at radius 2 is 1.48 bits per heavy atom. The lowest BCUT2D eigenvalue weighted by Crippen LogP contribution is -2.22. The van der Waals surface area contributed by atoms with Crippen LogP contribution in [-0.4, -0.2) is 12.5 Å². The summed E-state index contributed by atoms with van der Waals surface area (Å²) in [6, 6.07) is 24.8. The van der Waals surface area contributed by atoms with Gasteiger partial charge in [-0.15, -0.1) is 0 Å². The highest BCUT2D eigenvalue weighted by Gasteiger charge is 2.60. The number of para-hydroxylation sites is 2. The fraction of sp³-hybridized carbons (Fsp3) is 0.269. The Morgan fingerprint density at radius 3 is 2.03 bits per heavy atom. The van der Waals surface area contributed by atoms with Gasteiger partial charge in [-0.2, -0.15) is 0 Å². The molecule has 0 aromatic heterocycles. The summed E-state index contributed by atoms with van der Waals surface area (Å²) in [6.07, 6.45) is 0.807. The first-order valence-electron chi connectivity index (χ1n) is 10.2. The summed E-state index contributed by atoms with van der Waals surface area (Å²) >= 11 is 0. The third-order valence-electron chi connectivity index (χ3n) is 5.86. The van der Waals surface area contributed by atoms with Crippen molar-refractivity contribution in [2.75, 3.05) is 11.9 Å². The standard InChI is InChI=1S/C26H27NO2/c1-4-29-24-8-6-5-7-23(24)27-25(28)22-17-26(22,20-13-9-18(2)10-14-20)21-15-11-19(3)12-16-21/h5-16,22H,4,17H2,1-3H3,(H,27,28)/t22-/m0/s1. The van der Waals surface area contributed by atoms with Crippen LogP contribution in [0.25, 0.3) is 0 Å². The average molecular weight is 386 g/mol. The SMILES string of the molecule is CCOc1ccccc1NC(=O)[C@@H]1CC1(c1ccc(C)cc1)c1ccc(C)cc1. The zero-order chi connectivity index (χ0) is 20.4. The van der Waals surface area contributed by atoms with Crippen molar-refractivity contribution in [3.63, 3.8) is 0 Å². The molecule has 0 bridgehead atoms. The molecule has 1 N–H and O–H groups in total. The number of carbonyl (C=O) groups is 1. The van der Waals surface area contributed by atoms with E-state index in [0.29, 0.717) is 12.4 Å². The number of hydrogen-bond donors (Lipinski definition) is 1. The Balaban J connectivity index is 1.66. The van der Waals surface area contributed by atoms with E-state index in [1.165, 1.54) is 22.3 Å². The zero-order valence-electron chi connectivity index (χ0n) is 17.2. The van der Waals surface area contributed by atoms with Crippen LogP contribution in [0, 0.1) is 19.8 Å². The number of hydrogen-bond acceptors (Lipinski definition) is 2. The maximum absolute atomic E-state index is 13.3. The van der Waals surface area contributed by atoms with Gasteiger partial charge in [-0.1, -0.05) is 71.8 Å². The van der Waals surface area contributed by atoms with Crippen molar-refractivity contribution < 1.29 is 9.53 Å². The van der Waals surface area contributed by atoms with Gasteiger partial charge < -0.3 is 10.1 Å². The first-order chi connectivity index (χ1) is 14.0. The largest absolute Gasteiger partial charge is 0.492 e. The number of anilines is 1. The fourth-order valence-corrected chi connectivity index (χ4v) is 4.16. The molecule has 0 heterocycles. The first kappa shape index (κ1) is 19.3. The van der Waals surface area contributed by atoms with Crippen LogP contribution in [0.5, 0.6) is 5.75 Å². The van der Waals surface area contributed by atoms with E-state index in [2.05, 4.69) is 67.7 Å². The van der Waals surface area contributed by atoms with Gasteiger partial charge in [0.05, 0.1) is 18.2 Å². The molecule has 0 radical (unpaired) electrons. The van der Waals surface area contributed by atoms with E-state index < -0.39 is 0 Å². The van der Waals surface area contributed by atoms with E-state index in [-0.39, 0.29) is 17.2 Å². The van der Waals surface area contributed by atoms with Crippen LogP contribution in [0.3, 0.4) is 0 Å². The van der Waals surface area contributed by atoms with E-state index in [0.717, 1.165) is 12.1 Å². The van der Waals surface area contributed by atoms with Gasteiger partial charge in [0.15, 0.2) is 0 Å². The lowest BCUT2D eigenvalue weighted by molar-refractivity contribution is -0.117. The molecule has 3 aromatic carbocycles. The predicted octanol–water partition coefficient (Wildman–Crippen LogP) is 5.65. The van der Waals surface area contributed by atoms with E-state index in [1.807, 2.05) is 31.2 Å². The molecule has 1 amide bonds. The average Bonchev–Trinajstić information content (AvgIpc) is 3.48. The highest BCUT2D eigenvalue weighted by molar-refractivity contribution is 5.98. The Bertz CT molecular complexity index is 960. The van der Waals surface area contributed by atoms with Crippen LogP contribution < -0.4 is 10.1 Å². The van der Waals surface area contributed by atoms with Gasteiger partial charge in [-0.25, -0.2) is 0 Å². The van der Waals surface area contributed by atoms with E-state index in [1.54, 1.807) is 0 Å². The van der Waals surface area contributed by atoms with Crippen molar-refractivity contribution in [2.45, 2.75) is 32.6 Å². The number of benzene rings is 3. The molecule has 3 nitrogen and oxygen atoms in total. The lowest BCUT2D eigenvalue weighted by Gasteiger charge is -2.20. The molecule has 1 saturated carbocycles. The molecular formula is C26H27NO2. The minimum atomic E-state index is -0.272. The summed E-state index contributed by atoms with van der Waals surface area (Å²) in [6.45, 7) is 6.68. The van der Waals surface area contributed by atoms with Crippen molar-refractivity contribution in [3.8, 4) is 5.75 Å². The molecule has 0 saturated heterocycles. The van der Waals surface area contributed by atoms with Gasteiger partial charge in [0.2, 0.25) is 5.91 Å². The van der Waals surface area contributed by atoms with Crippen molar-refractivity contribution in [2.24, 2.45) is 5.92 Å². The Hall–Kier alpha value is -3.07. The van der Waals surface area contributed by atoms with Crippen LogP contribution in [-0.2, 0) is 10.2 Å². The van der Waals surface area contributed by atoms with Crippen molar-refractivity contribution in [3.05, 3.63) is 95.1 Å². The molecule has 0 spiro atoms. The predicted molar refractivity (Wildman–Crippen MR) is 117 cm³/mol. The van der Waals surface area contributed by atoms with Gasteiger partial charge >= 0.3 is 0 Å². The summed E-state index contributed by atoms with van der Waals surface area (Å²) in [7, 11) is 0. The smallest absolute Gasteiger partial charge is 0.228 e. The topological polar surface area (TPSA) is 38.3 Å². The fourth-order valence-electron chi connectivity index (χ4n) is 4.16. The zero-order valence-corrected chi connectivity index (χ0v) is 17.2. The summed E-state index contributed by atoms with van der Waals surface area (Å²) < 4.78 is 5.67. The molecular weight excluding hydrogens is 358 g/mol. The normalized spacial score (nSPS) is 16.9. The van der Waals surface area contributed by atoms with Crippen LogP contribution in [0.1, 0.15) is 35.6 Å². The summed E-state index contributed by atoms with van der Waals surface area (Å²) in [4.78, 5) is 13.3. The summed E-state index contributed by atoms with van der Waals surface area (Å²) in [5.41, 5.74) is 5.30. The molecule has 1 aliphatic rings. The molecule has 148 valence electrons. The number of nitrogens with one attached hydrogen (secondary N) is 1. The van der Waals surface area contributed by atoms with Gasteiger partial charge in [-0.3, -0.25) is 4.79 Å². The second-order valence-electron chi connectivity index (χ2n) is 7.88. The monoisotopic (exact) mass is 385 g/mol. The molecule has 3 aromatic rings. The second-order valence-corrected chi connectivity index (χ2v) is 7.88. The van der Waals surface area contributed by atoms with Crippen LogP contribution >= 0.6 is 0 Å². The van der Waals surface area contributed by atoms with Gasteiger partial charge in [-0.05, 0) is 50.5 Å². The molecule has 0 unspecified atom stereocenters. The second kappa shape index (κ2) is 7.75. The highest BCUT2D eigenvalue weighted by atomic mass is 16.5. The van der Waals surface area contributed by atoms with E-state index >= 15 is 0 Å². The van der Waals surface area contributed by atoms with Crippen molar-refractivity contribution in [1.82, 2.24) is 0 Å². The van der Waals surface area contributed by atoms with Gasteiger partial charge in [0, 0.05) is 5.41 Å². The van der Waals surface area contributed by atoms with E-state index in [4.69, 9.17) is 4.74 Å². The van der Waals surface area contributed by atoms with Crippen LogP contribution in [0.2, 0.25) is 0 Å². The number of carbonyl (C=O) groups excluding carboxylic acids is 1. The maximum atomic E-state index is 13.3. The lowest BCUT2D eigenvalue weighted by atomic mass is 9.85. The molecule has 29 heavy (non-hydrogen) atoms. The number of aryl methyl sites for hydroxylation is 2. The number of ether oxygens (including phenoxy) is 1. The highest BCUT2D eigenvalue weighted by Crippen LogP contribution is 2.59. The number of rotatable bonds is 6.